The Labute approximate surface area is 89.0 Å². The maximum Gasteiger partial charge on any atom is 0.251 e. The van der Waals surface area contributed by atoms with Crippen molar-refractivity contribution in [2.45, 2.75) is 24.7 Å². The predicted molar refractivity (Wildman–Crippen MR) is 58.0 cm³/mol. The molecule has 82 valence electrons. The first kappa shape index (κ1) is 11.7. The molecule has 1 rings (SSSR count). The summed E-state index contributed by atoms with van der Waals surface area (Å²) in [5, 5.41) is -0.741. The molecule has 0 atom stereocenters. The molecule has 0 bridgehead atoms. The Bertz CT molecular complexity index is 448. The fourth-order valence-electron chi connectivity index (χ4n) is 1.12. The average molecular weight is 227 g/mol. The fraction of sp³-hybridized carbons (Fsp3) is 0.300. The van der Waals surface area contributed by atoms with Gasteiger partial charge in [0.25, 0.3) is 5.12 Å². The van der Waals surface area contributed by atoms with Gasteiger partial charge in [0, 0.05) is 12.1 Å². The van der Waals surface area contributed by atoms with E-state index in [4.69, 9.17) is 5.73 Å². The largest absolute Gasteiger partial charge is 0.399 e. The molecule has 0 saturated carbocycles. The lowest BCUT2D eigenvalue weighted by molar-refractivity contribution is -0.111. The molecule has 0 spiro atoms. The van der Waals surface area contributed by atoms with E-state index in [0.717, 1.165) is 0 Å². The van der Waals surface area contributed by atoms with Crippen LogP contribution < -0.4 is 5.73 Å². The van der Waals surface area contributed by atoms with E-state index in [9.17, 15) is 13.2 Å². The maximum atomic E-state index is 11.6. The Kier molecular flexibility index (Phi) is 3.47. The maximum absolute atomic E-state index is 11.6. The summed E-state index contributed by atoms with van der Waals surface area (Å²) in [6.07, 6.45) is 0.569. The number of hydrogen-bond donors (Lipinski definition) is 1. The van der Waals surface area contributed by atoms with E-state index < -0.39 is 15.0 Å². The molecule has 5 heteroatoms. The molecule has 0 fully saturated rings. The third-order valence-corrected chi connectivity index (χ3v) is 3.64. The highest BCUT2D eigenvalue weighted by Crippen LogP contribution is 2.15. The smallest absolute Gasteiger partial charge is 0.251 e. The van der Waals surface area contributed by atoms with Crippen molar-refractivity contribution in [2.75, 3.05) is 5.73 Å². The monoisotopic (exact) mass is 227 g/mol. The quantitative estimate of drug-likeness (QED) is 0.791. The van der Waals surface area contributed by atoms with Crippen LogP contribution >= 0.6 is 0 Å². The summed E-state index contributed by atoms with van der Waals surface area (Å²) in [7, 11) is -3.81. The van der Waals surface area contributed by atoms with E-state index in [-0.39, 0.29) is 11.3 Å². The number of anilines is 1. The highest BCUT2D eigenvalue weighted by molar-refractivity contribution is 8.06. The zero-order chi connectivity index (χ0) is 11.5. The van der Waals surface area contributed by atoms with Crippen LogP contribution in [0.4, 0.5) is 5.69 Å². The number of nitrogens with two attached hydrogens (primary N) is 1. The van der Waals surface area contributed by atoms with Gasteiger partial charge < -0.3 is 5.73 Å². The van der Waals surface area contributed by atoms with Crippen molar-refractivity contribution >= 4 is 20.6 Å². The summed E-state index contributed by atoms with van der Waals surface area (Å²) in [6, 6.07) is 5.62. The topological polar surface area (TPSA) is 77.2 Å². The Morgan fingerprint density at radius 2 is 1.80 bits per heavy atom. The molecule has 1 aromatic carbocycles. The minimum absolute atomic E-state index is 0.00940. The molecule has 0 aliphatic carbocycles. The molecular weight excluding hydrogens is 214 g/mol. The predicted octanol–water partition coefficient (Wildman–Crippen LogP) is 1.37. The molecule has 0 saturated heterocycles. The Hall–Kier alpha value is -1.36. The van der Waals surface area contributed by atoms with Crippen LogP contribution in [0.2, 0.25) is 0 Å². The number of benzene rings is 1. The summed E-state index contributed by atoms with van der Waals surface area (Å²) in [5.41, 5.74) is 5.89. The minimum Gasteiger partial charge on any atom is -0.399 e. The third kappa shape index (κ3) is 2.56. The number of carbonyl (C=O) groups excluding carboxylic acids is 1. The van der Waals surface area contributed by atoms with Crippen molar-refractivity contribution in [1.29, 1.82) is 0 Å². The van der Waals surface area contributed by atoms with Crippen molar-refractivity contribution in [2.24, 2.45) is 0 Å². The lowest BCUT2D eigenvalue weighted by Gasteiger charge is -2.02. The fourth-order valence-corrected chi connectivity index (χ4v) is 2.35. The van der Waals surface area contributed by atoms with Gasteiger partial charge in [-0.05, 0) is 30.7 Å². The second-order valence-electron chi connectivity index (χ2n) is 3.19. The van der Waals surface area contributed by atoms with Gasteiger partial charge in [0.1, 0.15) is 0 Å². The van der Waals surface area contributed by atoms with Gasteiger partial charge in [-0.25, -0.2) is 8.42 Å². The molecule has 0 aromatic heterocycles. The summed E-state index contributed by atoms with van der Waals surface area (Å²) < 4.78 is 23.3. The molecule has 0 aliphatic rings. The molecule has 15 heavy (non-hydrogen) atoms. The zero-order valence-electron chi connectivity index (χ0n) is 8.43. The van der Waals surface area contributed by atoms with E-state index in [0.29, 0.717) is 12.1 Å². The van der Waals surface area contributed by atoms with Gasteiger partial charge in [0.05, 0.1) is 4.90 Å². The van der Waals surface area contributed by atoms with Gasteiger partial charge in [-0.2, -0.15) is 0 Å². The van der Waals surface area contributed by atoms with Gasteiger partial charge in [0.2, 0.25) is 9.84 Å². The molecule has 0 amide bonds. The lowest BCUT2D eigenvalue weighted by Crippen LogP contribution is -2.14. The number of nitrogen functional groups attached to an aromatic ring is 1. The van der Waals surface area contributed by atoms with E-state index >= 15 is 0 Å². The van der Waals surface area contributed by atoms with Crippen LogP contribution in [0.3, 0.4) is 0 Å². The van der Waals surface area contributed by atoms with Crippen LogP contribution in [0.1, 0.15) is 19.8 Å². The number of hydrogen-bond acceptors (Lipinski definition) is 4. The molecule has 0 aliphatic heterocycles. The first-order chi connectivity index (χ1) is 6.98. The van der Waals surface area contributed by atoms with Crippen molar-refractivity contribution in [3.05, 3.63) is 24.3 Å². The van der Waals surface area contributed by atoms with Crippen LogP contribution in [0.5, 0.6) is 0 Å². The van der Waals surface area contributed by atoms with Gasteiger partial charge in [0.15, 0.2) is 0 Å². The zero-order valence-corrected chi connectivity index (χ0v) is 9.25. The summed E-state index contributed by atoms with van der Waals surface area (Å²) in [5.74, 6) is 0. The van der Waals surface area contributed by atoms with Gasteiger partial charge in [-0.15, -0.1) is 0 Å². The van der Waals surface area contributed by atoms with Gasteiger partial charge in [-0.1, -0.05) is 6.92 Å². The van der Waals surface area contributed by atoms with Gasteiger partial charge in [-0.3, -0.25) is 4.79 Å². The van der Waals surface area contributed by atoms with Crippen molar-refractivity contribution in [3.63, 3.8) is 0 Å². The SMILES string of the molecule is CCCC(=O)S(=O)(=O)c1ccc(N)cc1. The molecule has 0 heterocycles. The Morgan fingerprint density at radius 1 is 1.27 bits per heavy atom. The number of carbonyl (C=O) groups is 1. The van der Waals surface area contributed by atoms with E-state index in [1.165, 1.54) is 24.3 Å². The third-order valence-electron chi connectivity index (χ3n) is 1.94. The second kappa shape index (κ2) is 4.44. The van der Waals surface area contributed by atoms with E-state index in [2.05, 4.69) is 0 Å². The Balaban J connectivity index is 3.06. The van der Waals surface area contributed by atoms with E-state index in [1.54, 1.807) is 6.92 Å². The van der Waals surface area contributed by atoms with Crippen LogP contribution in [-0.4, -0.2) is 13.5 Å². The van der Waals surface area contributed by atoms with Crippen LogP contribution in [0, 0.1) is 0 Å². The van der Waals surface area contributed by atoms with Crippen molar-refractivity contribution in [1.82, 2.24) is 0 Å². The van der Waals surface area contributed by atoms with Crippen molar-refractivity contribution < 1.29 is 13.2 Å². The van der Waals surface area contributed by atoms with E-state index in [1.807, 2.05) is 0 Å². The molecule has 4 nitrogen and oxygen atoms in total. The summed E-state index contributed by atoms with van der Waals surface area (Å²) >= 11 is 0. The number of rotatable bonds is 3. The van der Waals surface area contributed by atoms with Crippen LogP contribution in [-0.2, 0) is 14.6 Å². The summed E-state index contributed by atoms with van der Waals surface area (Å²) in [4.78, 5) is 11.3. The molecule has 2 N–H and O–H groups in total. The lowest BCUT2D eigenvalue weighted by atomic mass is 10.3. The summed E-state index contributed by atoms with van der Waals surface area (Å²) in [6.45, 7) is 1.76. The minimum atomic E-state index is -3.81. The highest BCUT2D eigenvalue weighted by Gasteiger charge is 2.23. The molecule has 0 radical (unpaired) electrons. The first-order valence-electron chi connectivity index (χ1n) is 4.62. The molecular formula is C10H13NO3S. The van der Waals surface area contributed by atoms with Crippen LogP contribution in [0.15, 0.2) is 29.2 Å². The Morgan fingerprint density at radius 3 is 2.27 bits per heavy atom. The van der Waals surface area contributed by atoms with Crippen LogP contribution in [0.25, 0.3) is 0 Å². The standard InChI is InChI=1S/C10H13NO3S/c1-2-3-10(12)15(13,14)9-6-4-8(11)5-7-9/h4-7H,2-3,11H2,1H3. The first-order valence-corrected chi connectivity index (χ1v) is 6.10. The second-order valence-corrected chi connectivity index (χ2v) is 5.13. The number of sulfone groups is 1. The normalized spacial score (nSPS) is 11.3. The highest BCUT2D eigenvalue weighted by atomic mass is 32.2. The molecule has 0 unspecified atom stereocenters. The molecule has 1 aromatic rings. The average Bonchev–Trinajstić information content (AvgIpc) is 2.18. The van der Waals surface area contributed by atoms with Crippen molar-refractivity contribution in [3.8, 4) is 0 Å². The van der Waals surface area contributed by atoms with Gasteiger partial charge >= 0.3 is 0 Å².